The smallest absolute Gasteiger partial charge is 0.258 e. The Labute approximate surface area is 179 Å². The summed E-state index contributed by atoms with van der Waals surface area (Å²) in [6.07, 6.45) is 3.94. The number of likely N-dealkylation sites (tertiary alicyclic amines) is 2. The highest BCUT2D eigenvalue weighted by Gasteiger charge is 2.61. The first-order valence-electron chi connectivity index (χ1n) is 11.2. The van der Waals surface area contributed by atoms with Crippen LogP contribution < -0.4 is 10.1 Å². The SMILES string of the molecule is O=C1NC2(CCN(C(=O)CN3C(=O)[C@@H]4[C@@H]5CC[C@@H](C5)[C@@H]4C3=O)CC2)Oc2ccccc21. The zero-order chi connectivity index (χ0) is 21.3. The molecule has 2 bridgehead atoms. The largest absolute Gasteiger partial charge is 0.467 e. The Morgan fingerprint density at radius 1 is 1.03 bits per heavy atom. The molecule has 1 aromatic carbocycles. The van der Waals surface area contributed by atoms with Crippen molar-refractivity contribution in [1.29, 1.82) is 0 Å². The Balaban J connectivity index is 1.11. The second-order valence-electron chi connectivity index (χ2n) is 9.57. The van der Waals surface area contributed by atoms with Crippen molar-refractivity contribution in [2.45, 2.75) is 37.8 Å². The predicted octanol–water partition coefficient (Wildman–Crippen LogP) is 1.16. The maximum atomic E-state index is 12.9. The molecule has 6 rings (SSSR count). The van der Waals surface area contributed by atoms with Gasteiger partial charge >= 0.3 is 0 Å². The van der Waals surface area contributed by atoms with Gasteiger partial charge in [-0.15, -0.1) is 0 Å². The molecule has 0 radical (unpaired) electrons. The molecule has 4 fully saturated rings. The van der Waals surface area contributed by atoms with Crippen molar-refractivity contribution in [2.75, 3.05) is 19.6 Å². The monoisotopic (exact) mass is 423 g/mol. The van der Waals surface area contributed by atoms with Crippen LogP contribution in [0.3, 0.4) is 0 Å². The summed E-state index contributed by atoms with van der Waals surface area (Å²) < 4.78 is 6.12. The Bertz CT molecular complexity index is 971. The minimum absolute atomic E-state index is 0.150. The highest BCUT2D eigenvalue weighted by Crippen LogP contribution is 2.56. The summed E-state index contributed by atoms with van der Waals surface area (Å²) in [5.74, 6) is 0.104. The molecule has 2 saturated heterocycles. The van der Waals surface area contributed by atoms with Gasteiger partial charge in [0.2, 0.25) is 17.7 Å². The summed E-state index contributed by atoms with van der Waals surface area (Å²) in [5.41, 5.74) is -0.310. The molecule has 2 saturated carbocycles. The number of nitrogens with zero attached hydrogens (tertiary/aromatic N) is 2. The fourth-order valence-corrected chi connectivity index (χ4v) is 6.46. The molecule has 31 heavy (non-hydrogen) atoms. The zero-order valence-electron chi connectivity index (χ0n) is 17.2. The molecule has 1 spiro atoms. The van der Waals surface area contributed by atoms with Crippen molar-refractivity contribution in [1.82, 2.24) is 15.1 Å². The van der Waals surface area contributed by atoms with Crippen molar-refractivity contribution >= 4 is 23.6 Å². The van der Waals surface area contributed by atoms with Gasteiger partial charge in [-0.2, -0.15) is 0 Å². The fraction of sp³-hybridized carbons (Fsp3) is 0.565. The first-order valence-corrected chi connectivity index (χ1v) is 11.2. The number of amides is 4. The second kappa shape index (κ2) is 6.55. The zero-order valence-corrected chi connectivity index (χ0v) is 17.2. The summed E-state index contributed by atoms with van der Waals surface area (Å²) in [4.78, 5) is 54.0. The molecule has 5 aliphatic rings. The van der Waals surface area contributed by atoms with Crippen LogP contribution in [0.1, 0.15) is 42.5 Å². The van der Waals surface area contributed by atoms with Crippen LogP contribution in [-0.4, -0.2) is 58.8 Å². The quantitative estimate of drug-likeness (QED) is 0.720. The lowest BCUT2D eigenvalue weighted by molar-refractivity contribution is -0.148. The normalized spacial score (nSPS) is 32.7. The summed E-state index contributed by atoms with van der Waals surface area (Å²) in [7, 11) is 0. The van der Waals surface area contributed by atoms with Crippen LogP contribution in [0.5, 0.6) is 5.75 Å². The minimum Gasteiger partial charge on any atom is -0.467 e. The van der Waals surface area contributed by atoms with E-state index in [-0.39, 0.29) is 42.0 Å². The van der Waals surface area contributed by atoms with Gasteiger partial charge < -0.3 is 15.0 Å². The van der Waals surface area contributed by atoms with Gasteiger partial charge in [0, 0.05) is 25.9 Å². The van der Waals surface area contributed by atoms with E-state index in [2.05, 4.69) is 5.32 Å². The fourth-order valence-electron chi connectivity index (χ4n) is 6.46. The molecule has 0 unspecified atom stereocenters. The highest BCUT2D eigenvalue weighted by atomic mass is 16.5. The number of para-hydroxylation sites is 1. The number of nitrogens with one attached hydrogen (secondary N) is 1. The third-order valence-electron chi connectivity index (χ3n) is 8.01. The van der Waals surface area contributed by atoms with Crippen LogP contribution in [0.4, 0.5) is 0 Å². The third kappa shape index (κ3) is 2.73. The molecular formula is C23H25N3O5. The van der Waals surface area contributed by atoms with Crippen molar-refractivity contribution < 1.29 is 23.9 Å². The number of benzene rings is 1. The first kappa shape index (κ1) is 18.8. The number of imide groups is 1. The number of fused-ring (bicyclic) bond motifs is 6. The van der Waals surface area contributed by atoms with Gasteiger partial charge in [0.25, 0.3) is 5.91 Å². The Kier molecular flexibility index (Phi) is 3.98. The van der Waals surface area contributed by atoms with E-state index in [0.29, 0.717) is 49.1 Å². The maximum absolute atomic E-state index is 12.9. The third-order valence-corrected chi connectivity index (χ3v) is 8.01. The molecule has 1 N–H and O–H groups in total. The van der Waals surface area contributed by atoms with Gasteiger partial charge in [-0.25, -0.2) is 0 Å². The lowest BCUT2D eigenvalue weighted by Gasteiger charge is -2.44. The summed E-state index contributed by atoms with van der Waals surface area (Å²) in [6, 6.07) is 7.13. The average Bonchev–Trinajstić information content (AvgIpc) is 3.44. The van der Waals surface area contributed by atoms with E-state index in [1.807, 2.05) is 6.07 Å². The van der Waals surface area contributed by atoms with Crippen LogP contribution in [-0.2, 0) is 14.4 Å². The number of hydrogen-bond acceptors (Lipinski definition) is 5. The number of carbonyl (C=O) groups is 4. The van der Waals surface area contributed by atoms with Crippen LogP contribution in [0, 0.1) is 23.7 Å². The van der Waals surface area contributed by atoms with Crippen LogP contribution >= 0.6 is 0 Å². The van der Waals surface area contributed by atoms with Crippen LogP contribution in [0.25, 0.3) is 0 Å². The molecule has 2 aliphatic carbocycles. The van der Waals surface area contributed by atoms with E-state index in [1.54, 1.807) is 23.1 Å². The number of carbonyl (C=O) groups excluding carboxylic acids is 4. The van der Waals surface area contributed by atoms with Crippen molar-refractivity contribution in [3.63, 3.8) is 0 Å². The molecule has 4 amide bonds. The number of hydrogen-bond donors (Lipinski definition) is 1. The Morgan fingerprint density at radius 2 is 1.68 bits per heavy atom. The van der Waals surface area contributed by atoms with Gasteiger partial charge in [0.15, 0.2) is 5.72 Å². The predicted molar refractivity (Wildman–Crippen MR) is 108 cm³/mol. The maximum Gasteiger partial charge on any atom is 0.258 e. The van der Waals surface area contributed by atoms with E-state index in [9.17, 15) is 19.2 Å². The van der Waals surface area contributed by atoms with Gasteiger partial charge in [0.1, 0.15) is 12.3 Å². The molecule has 4 atom stereocenters. The van der Waals surface area contributed by atoms with Gasteiger partial charge in [-0.3, -0.25) is 24.1 Å². The molecular weight excluding hydrogens is 398 g/mol. The van der Waals surface area contributed by atoms with Crippen molar-refractivity contribution in [3.8, 4) is 5.75 Å². The molecule has 8 heteroatoms. The molecule has 0 aromatic heterocycles. The molecule has 8 nitrogen and oxygen atoms in total. The Hall–Kier alpha value is -2.90. The lowest BCUT2D eigenvalue weighted by Crippen LogP contribution is -2.62. The second-order valence-corrected chi connectivity index (χ2v) is 9.57. The Morgan fingerprint density at radius 3 is 2.35 bits per heavy atom. The summed E-state index contributed by atoms with van der Waals surface area (Å²) in [5, 5.41) is 2.96. The van der Waals surface area contributed by atoms with Crippen LogP contribution in [0.15, 0.2) is 24.3 Å². The summed E-state index contributed by atoms with van der Waals surface area (Å²) >= 11 is 0. The van der Waals surface area contributed by atoms with Gasteiger partial charge in [-0.05, 0) is 43.2 Å². The number of rotatable bonds is 2. The minimum atomic E-state index is -0.822. The first-order chi connectivity index (χ1) is 15.0. The number of piperidine rings is 1. The van der Waals surface area contributed by atoms with E-state index in [4.69, 9.17) is 4.74 Å². The highest BCUT2D eigenvalue weighted by molar-refractivity contribution is 6.08. The molecule has 162 valence electrons. The van der Waals surface area contributed by atoms with Crippen molar-refractivity contribution in [3.05, 3.63) is 29.8 Å². The summed E-state index contributed by atoms with van der Waals surface area (Å²) in [6.45, 7) is 0.623. The molecule has 3 heterocycles. The standard InChI is InChI=1S/C23H25N3O5/c27-17(12-26-21(29)18-13-5-6-14(11-13)19(18)22(26)30)25-9-7-23(8-10-25)24-20(28)15-3-1-2-4-16(15)31-23/h1-4,13-14,18-19H,5-12H2,(H,24,28)/t13-,14+,18-,19+. The van der Waals surface area contributed by atoms with E-state index >= 15 is 0 Å². The molecule has 3 aliphatic heterocycles. The lowest BCUT2D eigenvalue weighted by atomic mass is 9.81. The van der Waals surface area contributed by atoms with Gasteiger partial charge in [-0.1, -0.05) is 12.1 Å². The van der Waals surface area contributed by atoms with Gasteiger partial charge in [0.05, 0.1) is 17.4 Å². The average molecular weight is 423 g/mol. The van der Waals surface area contributed by atoms with E-state index < -0.39 is 5.72 Å². The van der Waals surface area contributed by atoms with Crippen molar-refractivity contribution in [2.24, 2.45) is 23.7 Å². The number of ether oxygens (including phenoxy) is 1. The van der Waals surface area contributed by atoms with E-state index in [0.717, 1.165) is 19.3 Å². The van der Waals surface area contributed by atoms with Crippen LogP contribution in [0.2, 0.25) is 0 Å². The topological polar surface area (TPSA) is 96.0 Å². The van der Waals surface area contributed by atoms with E-state index in [1.165, 1.54) is 4.90 Å². The molecule has 1 aromatic rings.